The number of hydrogen-bond donors (Lipinski definition) is 2. The zero-order valence-corrected chi connectivity index (χ0v) is 20.5. The molecule has 6 heteroatoms. The number of piperidine rings is 1. The Morgan fingerprint density at radius 1 is 1.18 bits per heavy atom. The van der Waals surface area contributed by atoms with Crippen LogP contribution in [0.5, 0.6) is 5.75 Å². The number of methoxy groups -OCH3 is 1. The Morgan fingerprint density at radius 3 is 2.36 bits per heavy atom. The first-order chi connectivity index (χ1) is 13.0. The van der Waals surface area contributed by atoms with Gasteiger partial charge in [0.05, 0.1) is 7.11 Å². The highest BCUT2D eigenvalue weighted by Gasteiger charge is 2.21. The Hall–Kier alpha value is -1.02. The number of likely N-dealkylation sites (tertiary alicyclic amines) is 1. The van der Waals surface area contributed by atoms with Crippen LogP contribution in [0.3, 0.4) is 0 Å². The maximum Gasteiger partial charge on any atom is 0.191 e. The Balaban J connectivity index is 0.00000392. The molecule has 28 heavy (non-hydrogen) atoms. The van der Waals surface area contributed by atoms with Crippen molar-refractivity contribution in [2.45, 2.75) is 65.0 Å². The second kappa shape index (κ2) is 13.2. The topological polar surface area (TPSA) is 48.9 Å². The summed E-state index contributed by atoms with van der Waals surface area (Å²) in [5.74, 6) is 2.35. The largest absolute Gasteiger partial charge is 0.497 e. The van der Waals surface area contributed by atoms with E-state index >= 15 is 0 Å². The number of aliphatic imine (C=N–C) groups is 1. The quantitative estimate of drug-likeness (QED) is 0.317. The van der Waals surface area contributed by atoms with Crippen LogP contribution in [0, 0.1) is 0 Å². The minimum atomic E-state index is 0. The molecule has 0 spiro atoms. The SMILES string of the molecule is CCNC(=NCCC(C)c1ccc(OC)cc1)NC1CCN(C(C)C)CC1.I. The maximum absolute atomic E-state index is 5.24. The van der Waals surface area contributed by atoms with Gasteiger partial charge in [-0.1, -0.05) is 19.1 Å². The van der Waals surface area contributed by atoms with Gasteiger partial charge in [0.25, 0.3) is 0 Å². The van der Waals surface area contributed by atoms with Crippen LogP contribution in [0.1, 0.15) is 58.4 Å². The molecule has 1 atom stereocenters. The van der Waals surface area contributed by atoms with Crippen LogP contribution in [0.4, 0.5) is 0 Å². The number of hydrogen-bond acceptors (Lipinski definition) is 3. The number of benzene rings is 1. The van der Waals surface area contributed by atoms with E-state index in [2.05, 4.69) is 55.4 Å². The summed E-state index contributed by atoms with van der Waals surface area (Å²) in [6.45, 7) is 13.0. The van der Waals surface area contributed by atoms with Gasteiger partial charge < -0.3 is 20.3 Å². The first kappa shape index (κ1) is 25.0. The van der Waals surface area contributed by atoms with Crippen LogP contribution in [-0.4, -0.2) is 56.2 Å². The van der Waals surface area contributed by atoms with Gasteiger partial charge in [-0.25, -0.2) is 0 Å². The monoisotopic (exact) mass is 502 g/mol. The summed E-state index contributed by atoms with van der Waals surface area (Å²) in [4.78, 5) is 7.37. The van der Waals surface area contributed by atoms with Crippen LogP contribution in [0.15, 0.2) is 29.3 Å². The molecular formula is C22H39IN4O. The molecule has 0 aliphatic carbocycles. The molecule has 1 fully saturated rings. The molecule has 1 saturated heterocycles. The van der Waals surface area contributed by atoms with E-state index in [0.717, 1.165) is 31.2 Å². The standard InChI is InChI=1S/C22H38N4O.HI/c1-6-23-22(25-20-12-15-26(16-13-20)17(2)3)24-14-11-18(4)19-7-9-21(27-5)10-8-19;/h7-10,17-18,20H,6,11-16H2,1-5H3,(H2,23,24,25);1H. The zero-order chi connectivity index (χ0) is 19.6. The number of halogens is 1. The Kier molecular flexibility index (Phi) is 11.8. The van der Waals surface area contributed by atoms with Crippen LogP contribution < -0.4 is 15.4 Å². The van der Waals surface area contributed by atoms with E-state index in [1.807, 2.05) is 12.1 Å². The molecule has 2 rings (SSSR count). The highest BCUT2D eigenvalue weighted by atomic mass is 127. The molecule has 0 saturated carbocycles. The Morgan fingerprint density at radius 2 is 1.82 bits per heavy atom. The van der Waals surface area contributed by atoms with Crippen molar-refractivity contribution in [3.8, 4) is 5.75 Å². The molecule has 1 unspecified atom stereocenters. The lowest BCUT2D eigenvalue weighted by Crippen LogP contribution is -2.49. The first-order valence-corrected chi connectivity index (χ1v) is 10.5. The lowest BCUT2D eigenvalue weighted by molar-refractivity contribution is 0.167. The van der Waals surface area contributed by atoms with Crippen molar-refractivity contribution in [3.05, 3.63) is 29.8 Å². The van der Waals surface area contributed by atoms with Gasteiger partial charge in [0, 0.05) is 38.3 Å². The summed E-state index contributed by atoms with van der Waals surface area (Å²) in [6.07, 6.45) is 3.41. The van der Waals surface area contributed by atoms with E-state index < -0.39 is 0 Å². The molecule has 1 aliphatic heterocycles. The van der Waals surface area contributed by atoms with Crippen molar-refractivity contribution >= 4 is 29.9 Å². The summed E-state index contributed by atoms with van der Waals surface area (Å²) in [5, 5.41) is 7.04. The number of rotatable bonds is 8. The fourth-order valence-corrected chi connectivity index (χ4v) is 3.54. The molecule has 0 amide bonds. The molecule has 0 radical (unpaired) electrons. The third-order valence-corrected chi connectivity index (χ3v) is 5.46. The van der Waals surface area contributed by atoms with Gasteiger partial charge in [-0.05, 0) is 63.6 Å². The van der Waals surface area contributed by atoms with Crippen molar-refractivity contribution in [2.75, 3.05) is 33.3 Å². The highest BCUT2D eigenvalue weighted by molar-refractivity contribution is 14.0. The number of nitrogens with one attached hydrogen (secondary N) is 2. The number of ether oxygens (including phenoxy) is 1. The number of nitrogens with zero attached hydrogens (tertiary/aromatic N) is 2. The van der Waals surface area contributed by atoms with E-state index in [4.69, 9.17) is 9.73 Å². The minimum absolute atomic E-state index is 0. The first-order valence-electron chi connectivity index (χ1n) is 10.5. The molecule has 5 nitrogen and oxygen atoms in total. The van der Waals surface area contributed by atoms with Crippen molar-refractivity contribution in [1.29, 1.82) is 0 Å². The van der Waals surface area contributed by atoms with Crippen LogP contribution in [-0.2, 0) is 0 Å². The number of guanidine groups is 1. The lowest BCUT2D eigenvalue weighted by atomic mass is 9.98. The second-order valence-electron chi connectivity index (χ2n) is 7.77. The molecular weight excluding hydrogens is 463 g/mol. The Bertz CT molecular complexity index is 568. The van der Waals surface area contributed by atoms with Gasteiger partial charge >= 0.3 is 0 Å². The third kappa shape index (κ3) is 8.15. The van der Waals surface area contributed by atoms with Crippen molar-refractivity contribution in [3.63, 3.8) is 0 Å². The van der Waals surface area contributed by atoms with Crippen LogP contribution in [0.25, 0.3) is 0 Å². The predicted molar refractivity (Wildman–Crippen MR) is 130 cm³/mol. The summed E-state index contributed by atoms with van der Waals surface area (Å²) < 4.78 is 5.24. The third-order valence-electron chi connectivity index (χ3n) is 5.46. The fourth-order valence-electron chi connectivity index (χ4n) is 3.54. The van der Waals surface area contributed by atoms with Gasteiger partial charge in [0.2, 0.25) is 0 Å². The molecule has 160 valence electrons. The molecule has 1 aliphatic rings. The van der Waals surface area contributed by atoms with E-state index in [9.17, 15) is 0 Å². The molecule has 1 aromatic carbocycles. The summed E-state index contributed by atoms with van der Waals surface area (Å²) in [7, 11) is 1.70. The van der Waals surface area contributed by atoms with Gasteiger partial charge in [-0.15, -0.1) is 24.0 Å². The lowest BCUT2D eigenvalue weighted by Gasteiger charge is -2.35. The van der Waals surface area contributed by atoms with Crippen molar-refractivity contribution in [1.82, 2.24) is 15.5 Å². The second-order valence-corrected chi connectivity index (χ2v) is 7.77. The average Bonchev–Trinajstić information content (AvgIpc) is 2.68. The summed E-state index contributed by atoms with van der Waals surface area (Å²) >= 11 is 0. The smallest absolute Gasteiger partial charge is 0.191 e. The Labute approximate surface area is 188 Å². The van der Waals surface area contributed by atoms with E-state index in [1.165, 1.54) is 31.5 Å². The summed E-state index contributed by atoms with van der Waals surface area (Å²) in [5.41, 5.74) is 1.34. The van der Waals surface area contributed by atoms with Gasteiger partial charge in [0.1, 0.15) is 5.75 Å². The van der Waals surface area contributed by atoms with E-state index in [1.54, 1.807) is 7.11 Å². The van der Waals surface area contributed by atoms with Crippen molar-refractivity contribution < 1.29 is 4.74 Å². The van der Waals surface area contributed by atoms with Crippen LogP contribution >= 0.6 is 24.0 Å². The maximum atomic E-state index is 5.24. The normalized spacial score (nSPS) is 17.1. The average molecular weight is 502 g/mol. The molecule has 1 aromatic rings. The molecule has 0 bridgehead atoms. The van der Waals surface area contributed by atoms with Gasteiger partial charge in [0.15, 0.2) is 5.96 Å². The van der Waals surface area contributed by atoms with Crippen molar-refractivity contribution in [2.24, 2.45) is 4.99 Å². The zero-order valence-electron chi connectivity index (χ0n) is 18.2. The predicted octanol–water partition coefficient (Wildman–Crippen LogP) is 4.23. The van der Waals surface area contributed by atoms with Crippen LogP contribution in [0.2, 0.25) is 0 Å². The molecule has 1 heterocycles. The van der Waals surface area contributed by atoms with E-state index in [0.29, 0.717) is 18.0 Å². The molecule has 0 aromatic heterocycles. The summed E-state index contributed by atoms with van der Waals surface area (Å²) in [6, 6.07) is 9.54. The van der Waals surface area contributed by atoms with E-state index in [-0.39, 0.29) is 24.0 Å². The highest BCUT2D eigenvalue weighted by Crippen LogP contribution is 2.21. The minimum Gasteiger partial charge on any atom is -0.497 e. The van der Waals surface area contributed by atoms with Gasteiger partial charge in [-0.2, -0.15) is 0 Å². The molecule has 2 N–H and O–H groups in total. The fraction of sp³-hybridized carbons (Fsp3) is 0.682. The van der Waals surface area contributed by atoms with Gasteiger partial charge in [-0.3, -0.25) is 4.99 Å².